The first-order chi connectivity index (χ1) is 13.8. The van der Waals surface area contributed by atoms with Crippen LogP contribution >= 0.6 is 34.7 Å². The van der Waals surface area contributed by atoms with Gasteiger partial charge >= 0.3 is 0 Å². The van der Waals surface area contributed by atoms with Gasteiger partial charge in [-0.3, -0.25) is 19.2 Å². The highest BCUT2D eigenvalue weighted by Crippen LogP contribution is 2.20. The minimum absolute atomic E-state index is 0.140. The molecule has 0 spiro atoms. The summed E-state index contributed by atoms with van der Waals surface area (Å²) >= 11 is 7.91. The molecular formula is C15H19ClN6O5S2. The Balaban J connectivity index is 1.98. The second-order valence-electron chi connectivity index (χ2n) is 5.58. The quantitative estimate of drug-likeness (QED) is 0.120. The zero-order valence-corrected chi connectivity index (χ0v) is 17.9. The van der Waals surface area contributed by atoms with Crippen molar-refractivity contribution in [3.63, 3.8) is 0 Å². The van der Waals surface area contributed by atoms with Crippen molar-refractivity contribution in [3.05, 3.63) is 11.1 Å². The average Bonchev–Trinajstić information content (AvgIpc) is 3.13. The van der Waals surface area contributed by atoms with Crippen LogP contribution in [0.15, 0.2) is 10.5 Å². The molecule has 1 fully saturated rings. The maximum Gasteiger partial charge on any atom is 0.276 e. The number of hydrogen-bond acceptors (Lipinski definition) is 9. The second kappa shape index (κ2) is 11.0. The number of carbonyl (C=O) groups excluding carboxylic acids is 4. The van der Waals surface area contributed by atoms with E-state index in [1.165, 1.54) is 31.2 Å². The molecule has 1 aliphatic heterocycles. The van der Waals surface area contributed by atoms with Crippen LogP contribution in [0.3, 0.4) is 0 Å². The number of β-lactam (4-membered cyclic amide) rings is 1. The maximum atomic E-state index is 12.6. The molecule has 2 rings (SSSR count). The third-order valence-electron chi connectivity index (χ3n) is 3.44. The Hall–Kier alpha value is -2.38. The predicted octanol–water partition coefficient (Wildman–Crippen LogP) is -0.519. The van der Waals surface area contributed by atoms with Crippen molar-refractivity contribution in [2.45, 2.75) is 18.3 Å². The molecule has 1 aromatic rings. The minimum atomic E-state index is -0.763. The smallest absolute Gasteiger partial charge is 0.276 e. The third kappa shape index (κ3) is 6.58. The predicted molar refractivity (Wildman–Crippen MR) is 110 cm³/mol. The molecule has 29 heavy (non-hydrogen) atoms. The summed E-state index contributed by atoms with van der Waals surface area (Å²) in [6.45, 7) is 1.86. The Labute approximate surface area is 179 Å². The highest BCUT2D eigenvalue weighted by Gasteiger charge is 2.41. The topological polar surface area (TPSA) is 151 Å². The van der Waals surface area contributed by atoms with E-state index < -0.39 is 17.9 Å². The molecule has 1 aromatic heterocycles. The van der Waals surface area contributed by atoms with Gasteiger partial charge in [0.05, 0.1) is 0 Å². The second-order valence-corrected chi connectivity index (χ2v) is 7.95. The molecule has 158 valence electrons. The number of nitrogens with zero attached hydrogens (tertiary/aromatic N) is 2. The molecule has 0 bridgehead atoms. The van der Waals surface area contributed by atoms with Crippen LogP contribution in [-0.2, 0) is 24.0 Å². The van der Waals surface area contributed by atoms with E-state index in [9.17, 15) is 19.2 Å². The minimum Gasteiger partial charge on any atom is -0.398 e. The lowest BCUT2D eigenvalue weighted by Gasteiger charge is -2.36. The Morgan fingerprint density at radius 3 is 2.83 bits per heavy atom. The van der Waals surface area contributed by atoms with Crippen molar-refractivity contribution >= 4 is 69.2 Å². The molecule has 14 heteroatoms. The van der Waals surface area contributed by atoms with Gasteiger partial charge in [-0.2, -0.15) is 0 Å². The van der Waals surface area contributed by atoms with E-state index in [-0.39, 0.29) is 39.6 Å². The molecule has 1 aliphatic rings. The number of rotatable bonds is 10. The van der Waals surface area contributed by atoms with Crippen LogP contribution in [0.5, 0.6) is 0 Å². The largest absolute Gasteiger partial charge is 0.398 e. The fourth-order valence-electron chi connectivity index (χ4n) is 2.14. The van der Waals surface area contributed by atoms with E-state index in [4.69, 9.17) is 16.4 Å². The van der Waals surface area contributed by atoms with Crippen molar-refractivity contribution < 1.29 is 24.0 Å². The summed E-state index contributed by atoms with van der Waals surface area (Å²) in [7, 11) is 1.27. The molecule has 2 heterocycles. The maximum absolute atomic E-state index is 12.6. The number of hydrogen-bond donors (Lipinski definition) is 4. The Kier molecular flexibility index (Phi) is 8.67. The molecule has 2 atom stereocenters. The van der Waals surface area contributed by atoms with Gasteiger partial charge in [-0.15, -0.1) is 34.7 Å². The van der Waals surface area contributed by atoms with Crippen LogP contribution in [0.25, 0.3) is 0 Å². The van der Waals surface area contributed by atoms with Crippen LogP contribution < -0.4 is 21.3 Å². The van der Waals surface area contributed by atoms with E-state index in [0.29, 0.717) is 12.3 Å². The first kappa shape index (κ1) is 22.9. The standard InChI is InChI=1S/C15H19ClN6O5S2/c1-7(23)17-3-4-28-14-11(13(26)21-14)20-12(25)10(22-27-2)8-6-29-15(18-8)19-9(24)5-16/h6,11,14H,3-5H2,1-2H3,(H,17,23)(H,20,25)(H,21,26)(H,18,19,24)/b22-10-. The zero-order chi connectivity index (χ0) is 21.4. The molecule has 0 radical (unpaired) electrons. The summed E-state index contributed by atoms with van der Waals surface area (Å²) in [6.07, 6.45) is 0. The zero-order valence-electron chi connectivity index (χ0n) is 15.5. The summed E-state index contributed by atoms with van der Waals surface area (Å²) in [5, 5.41) is 15.5. The van der Waals surface area contributed by atoms with Crippen LogP contribution in [0.1, 0.15) is 12.6 Å². The Bertz CT molecular complexity index is 817. The van der Waals surface area contributed by atoms with Crippen molar-refractivity contribution in [3.8, 4) is 0 Å². The number of anilines is 1. The van der Waals surface area contributed by atoms with E-state index in [0.717, 1.165) is 11.3 Å². The molecule has 0 saturated carbocycles. The number of thioether (sulfide) groups is 1. The molecule has 11 nitrogen and oxygen atoms in total. The lowest BCUT2D eigenvalue weighted by Crippen LogP contribution is -2.68. The summed E-state index contributed by atoms with van der Waals surface area (Å²) < 4.78 is 0. The van der Waals surface area contributed by atoms with Gasteiger partial charge in [0, 0.05) is 24.6 Å². The molecular weight excluding hydrogens is 444 g/mol. The number of aromatic nitrogens is 1. The highest BCUT2D eigenvalue weighted by atomic mass is 35.5. The van der Waals surface area contributed by atoms with E-state index >= 15 is 0 Å². The van der Waals surface area contributed by atoms with E-state index in [1.54, 1.807) is 0 Å². The Morgan fingerprint density at radius 2 is 2.21 bits per heavy atom. The molecule has 0 aliphatic carbocycles. The number of amides is 4. The lowest BCUT2D eigenvalue weighted by molar-refractivity contribution is -0.132. The molecule has 0 aromatic carbocycles. The third-order valence-corrected chi connectivity index (χ3v) is 5.63. The van der Waals surface area contributed by atoms with E-state index in [2.05, 4.69) is 31.4 Å². The van der Waals surface area contributed by atoms with Gasteiger partial charge in [0.2, 0.25) is 17.7 Å². The number of nitrogens with one attached hydrogen (secondary N) is 4. The fourth-order valence-corrected chi connectivity index (χ4v) is 3.98. The highest BCUT2D eigenvalue weighted by molar-refractivity contribution is 8.00. The van der Waals surface area contributed by atoms with Crippen LogP contribution in [-0.4, -0.2) is 71.0 Å². The van der Waals surface area contributed by atoms with Crippen LogP contribution in [0, 0.1) is 0 Å². The summed E-state index contributed by atoms with van der Waals surface area (Å²) in [5.41, 5.74) is 0.0330. The van der Waals surface area contributed by atoms with Crippen molar-refractivity contribution in [1.29, 1.82) is 0 Å². The van der Waals surface area contributed by atoms with Crippen molar-refractivity contribution in [1.82, 2.24) is 20.9 Å². The summed E-state index contributed by atoms with van der Waals surface area (Å²) in [6, 6.07) is -0.763. The SMILES string of the molecule is CO/N=C(\C(=O)NC1C(=O)NC1SCCNC(C)=O)c1csc(NC(=O)CCl)n1. The van der Waals surface area contributed by atoms with Gasteiger partial charge < -0.3 is 26.1 Å². The summed E-state index contributed by atoms with van der Waals surface area (Å²) in [5.74, 6) is -1.23. The Morgan fingerprint density at radius 1 is 1.45 bits per heavy atom. The van der Waals surface area contributed by atoms with Gasteiger partial charge in [0.15, 0.2) is 10.8 Å². The van der Waals surface area contributed by atoms with E-state index in [1.807, 2.05) is 0 Å². The van der Waals surface area contributed by atoms with Gasteiger partial charge in [-0.25, -0.2) is 4.98 Å². The number of thiazole rings is 1. The fraction of sp³-hybridized carbons (Fsp3) is 0.467. The first-order valence-corrected chi connectivity index (χ1v) is 10.7. The van der Waals surface area contributed by atoms with Crippen LogP contribution in [0.2, 0.25) is 0 Å². The average molecular weight is 463 g/mol. The normalized spacial score (nSPS) is 18.3. The lowest BCUT2D eigenvalue weighted by atomic mass is 10.1. The van der Waals surface area contributed by atoms with Crippen LogP contribution in [0.4, 0.5) is 5.13 Å². The number of halogens is 1. The van der Waals surface area contributed by atoms with Gasteiger partial charge in [-0.05, 0) is 0 Å². The van der Waals surface area contributed by atoms with Gasteiger partial charge in [0.25, 0.3) is 5.91 Å². The monoisotopic (exact) mass is 462 g/mol. The van der Waals surface area contributed by atoms with Crippen molar-refractivity contribution in [2.75, 3.05) is 30.6 Å². The number of oxime groups is 1. The molecule has 4 N–H and O–H groups in total. The molecule has 1 saturated heterocycles. The van der Waals surface area contributed by atoms with Gasteiger partial charge in [-0.1, -0.05) is 5.16 Å². The molecule has 2 unspecified atom stereocenters. The van der Waals surface area contributed by atoms with Gasteiger partial charge in [0.1, 0.15) is 30.1 Å². The molecule has 4 amide bonds. The van der Waals surface area contributed by atoms with Crippen molar-refractivity contribution in [2.24, 2.45) is 5.16 Å². The number of alkyl halides is 1. The number of carbonyl (C=O) groups is 4. The first-order valence-electron chi connectivity index (χ1n) is 8.25. The summed E-state index contributed by atoms with van der Waals surface area (Å²) in [4.78, 5) is 55.5.